The molecule has 1 saturated carbocycles. The first-order valence-electron chi connectivity index (χ1n) is 9.13. The van der Waals surface area contributed by atoms with Gasteiger partial charge >= 0.3 is 5.97 Å². The van der Waals surface area contributed by atoms with Gasteiger partial charge in [-0.2, -0.15) is 0 Å². The molecule has 28 heavy (non-hydrogen) atoms. The minimum absolute atomic E-state index is 0.0699. The largest absolute Gasteiger partial charge is 0.481 e. The van der Waals surface area contributed by atoms with E-state index in [1.54, 1.807) is 12.4 Å². The summed E-state index contributed by atoms with van der Waals surface area (Å²) in [5, 5.41) is 8.94. The predicted octanol–water partition coefficient (Wildman–Crippen LogP) is 3.78. The van der Waals surface area contributed by atoms with Crippen molar-refractivity contribution in [2.24, 2.45) is 5.92 Å². The number of hydrogen-bond acceptors (Lipinski definition) is 5. The van der Waals surface area contributed by atoms with Crippen LogP contribution >= 0.6 is 0 Å². The Hall–Kier alpha value is -3.41. The summed E-state index contributed by atoms with van der Waals surface area (Å²) >= 11 is 0. The molecule has 6 nitrogen and oxygen atoms in total. The van der Waals surface area contributed by atoms with Crippen molar-refractivity contribution in [2.45, 2.75) is 18.9 Å². The molecule has 1 aliphatic heterocycles. The summed E-state index contributed by atoms with van der Waals surface area (Å²) < 4.78 is 5.76. The number of anilines is 1. The molecule has 1 aliphatic carbocycles. The van der Waals surface area contributed by atoms with E-state index < -0.39 is 5.97 Å². The Morgan fingerprint density at radius 3 is 2.79 bits per heavy atom. The van der Waals surface area contributed by atoms with Gasteiger partial charge in [0.15, 0.2) is 0 Å². The van der Waals surface area contributed by atoms with E-state index in [0.717, 1.165) is 28.0 Å². The maximum absolute atomic E-state index is 10.9. The highest BCUT2D eigenvalue weighted by atomic mass is 16.5. The summed E-state index contributed by atoms with van der Waals surface area (Å²) in [6.07, 6.45) is 12.4. The second-order valence-electron chi connectivity index (χ2n) is 7.08. The predicted molar refractivity (Wildman–Crippen MR) is 108 cm³/mol. The number of hydrogen-bond donors (Lipinski definition) is 1. The molecule has 2 aliphatic rings. The molecule has 142 valence electrons. The number of rotatable bonds is 4. The van der Waals surface area contributed by atoms with Crippen LogP contribution in [0.4, 0.5) is 5.69 Å². The summed E-state index contributed by atoms with van der Waals surface area (Å²) in [6.45, 7) is 4.14. The first-order chi connectivity index (χ1) is 13.5. The molecule has 0 bridgehead atoms. The van der Waals surface area contributed by atoms with E-state index in [2.05, 4.69) is 16.5 Å². The highest BCUT2D eigenvalue weighted by Gasteiger charge is 2.36. The van der Waals surface area contributed by atoms with Crippen LogP contribution in [0.1, 0.15) is 24.0 Å². The van der Waals surface area contributed by atoms with Crippen LogP contribution < -0.4 is 9.64 Å². The van der Waals surface area contributed by atoms with Crippen molar-refractivity contribution in [3.8, 4) is 5.88 Å². The third-order valence-electron chi connectivity index (χ3n) is 5.12. The van der Waals surface area contributed by atoms with E-state index in [4.69, 9.17) is 9.84 Å². The lowest BCUT2D eigenvalue weighted by Gasteiger charge is -2.31. The molecule has 2 aromatic rings. The third-order valence-corrected chi connectivity index (χ3v) is 5.12. The van der Waals surface area contributed by atoms with Crippen molar-refractivity contribution in [1.29, 1.82) is 0 Å². The molecule has 0 spiro atoms. The van der Waals surface area contributed by atoms with Gasteiger partial charge in [-0.1, -0.05) is 18.7 Å². The number of nitrogens with zero attached hydrogens (tertiary/aromatic N) is 3. The lowest BCUT2D eigenvalue weighted by Crippen LogP contribution is -2.38. The number of aliphatic carboxylic acids is 1. The first kappa shape index (κ1) is 18.0. The standard InChI is InChI=1S/C22H21N3O3/c1-14-3-4-16(13-25(2)20-7-8-23-12-19(14)20)15-5-6-21(24-11-15)28-18-9-17(10-18)22(26)27/h3-8,11-13,17-18H,1,9-10H2,2H3,(H,26,27)/b4-3-,16-13+. The average molecular weight is 375 g/mol. The lowest BCUT2D eigenvalue weighted by atomic mass is 9.82. The van der Waals surface area contributed by atoms with Crippen LogP contribution in [0.3, 0.4) is 0 Å². The minimum atomic E-state index is -0.755. The number of aromatic nitrogens is 2. The molecule has 0 aromatic carbocycles. The summed E-state index contributed by atoms with van der Waals surface area (Å²) in [5.74, 6) is -0.535. The van der Waals surface area contributed by atoms with E-state index in [0.29, 0.717) is 18.7 Å². The van der Waals surface area contributed by atoms with Crippen molar-refractivity contribution in [3.63, 3.8) is 0 Å². The van der Waals surface area contributed by atoms with Crippen LogP contribution in [-0.2, 0) is 4.79 Å². The van der Waals surface area contributed by atoms with Gasteiger partial charge in [0, 0.05) is 49.0 Å². The first-order valence-corrected chi connectivity index (χ1v) is 9.13. The summed E-state index contributed by atoms with van der Waals surface area (Å²) in [6, 6.07) is 5.74. The number of ether oxygens (including phenoxy) is 1. The zero-order valence-electron chi connectivity index (χ0n) is 15.6. The van der Waals surface area contributed by atoms with Crippen LogP contribution in [0.5, 0.6) is 5.88 Å². The average Bonchev–Trinajstić information content (AvgIpc) is 2.66. The normalized spacial score (nSPS) is 24.1. The quantitative estimate of drug-likeness (QED) is 0.877. The SMILES string of the molecule is C=C1/C=C\C(c2ccc(OC3CC(C(=O)O)C3)nc2)=C/N(C)c2ccncc21. The van der Waals surface area contributed by atoms with Gasteiger partial charge in [0.2, 0.25) is 5.88 Å². The Morgan fingerprint density at radius 1 is 1.25 bits per heavy atom. The second kappa shape index (κ2) is 7.31. The lowest BCUT2D eigenvalue weighted by molar-refractivity contribution is -0.148. The smallest absolute Gasteiger partial charge is 0.306 e. The fraction of sp³-hybridized carbons (Fsp3) is 0.227. The van der Waals surface area contributed by atoms with Crippen molar-refractivity contribution < 1.29 is 14.6 Å². The Balaban J connectivity index is 1.51. The molecule has 2 aromatic heterocycles. The van der Waals surface area contributed by atoms with Gasteiger partial charge in [0.05, 0.1) is 11.6 Å². The van der Waals surface area contributed by atoms with Gasteiger partial charge in [-0.15, -0.1) is 0 Å². The molecule has 1 N–H and O–H groups in total. The van der Waals surface area contributed by atoms with Crippen molar-refractivity contribution in [2.75, 3.05) is 11.9 Å². The third kappa shape index (κ3) is 3.53. The van der Waals surface area contributed by atoms with E-state index in [9.17, 15) is 4.79 Å². The molecule has 1 fully saturated rings. The van der Waals surface area contributed by atoms with Crippen molar-refractivity contribution in [3.05, 3.63) is 72.8 Å². The summed E-state index contributed by atoms with van der Waals surface area (Å²) in [7, 11) is 1.99. The molecule has 4 rings (SSSR count). The van der Waals surface area contributed by atoms with Crippen LogP contribution in [-0.4, -0.2) is 34.2 Å². The fourth-order valence-corrected chi connectivity index (χ4v) is 3.37. The molecule has 0 radical (unpaired) electrons. The van der Waals surface area contributed by atoms with Crippen molar-refractivity contribution in [1.82, 2.24) is 9.97 Å². The Kier molecular flexibility index (Phi) is 4.69. The number of pyridine rings is 2. The van der Waals surface area contributed by atoms with Gasteiger partial charge in [-0.25, -0.2) is 4.98 Å². The fourth-order valence-electron chi connectivity index (χ4n) is 3.37. The molecule has 0 saturated heterocycles. The van der Waals surface area contributed by atoms with E-state index in [1.165, 1.54) is 0 Å². The monoisotopic (exact) mass is 375 g/mol. The maximum Gasteiger partial charge on any atom is 0.306 e. The minimum Gasteiger partial charge on any atom is -0.481 e. The Labute approximate surface area is 163 Å². The number of carbonyl (C=O) groups is 1. The number of carboxylic acids is 1. The molecular formula is C22H21N3O3. The number of fused-ring (bicyclic) bond motifs is 1. The summed E-state index contributed by atoms with van der Waals surface area (Å²) in [5.41, 5.74) is 4.88. The van der Waals surface area contributed by atoms with Crippen LogP contribution in [0.15, 0.2) is 61.7 Å². The maximum atomic E-state index is 10.9. The van der Waals surface area contributed by atoms with Crippen LogP contribution in [0.2, 0.25) is 0 Å². The highest BCUT2D eigenvalue weighted by molar-refractivity contribution is 5.88. The van der Waals surface area contributed by atoms with E-state index in [1.807, 2.05) is 54.7 Å². The molecule has 0 unspecified atom stereocenters. The molecule has 3 heterocycles. The zero-order valence-corrected chi connectivity index (χ0v) is 15.6. The van der Waals surface area contributed by atoms with Gasteiger partial charge in [0.1, 0.15) is 6.10 Å². The molecular weight excluding hydrogens is 354 g/mol. The van der Waals surface area contributed by atoms with Crippen LogP contribution in [0, 0.1) is 5.92 Å². The number of carboxylic acid groups (broad SMARTS) is 1. The van der Waals surface area contributed by atoms with Crippen molar-refractivity contribution >= 4 is 22.8 Å². The molecule has 0 atom stereocenters. The van der Waals surface area contributed by atoms with Crippen LogP contribution in [0.25, 0.3) is 11.1 Å². The molecule has 0 amide bonds. The second-order valence-corrected chi connectivity index (χ2v) is 7.08. The van der Waals surface area contributed by atoms with Gasteiger partial charge in [-0.05, 0) is 36.1 Å². The van der Waals surface area contributed by atoms with Gasteiger partial charge in [0.25, 0.3) is 0 Å². The highest BCUT2D eigenvalue weighted by Crippen LogP contribution is 2.32. The summed E-state index contributed by atoms with van der Waals surface area (Å²) in [4.78, 5) is 21.5. The Morgan fingerprint density at radius 2 is 2.07 bits per heavy atom. The topological polar surface area (TPSA) is 75.6 Å². The van der Waals surface area contributed by atoms with Gasteiger partial charge < -0.3 is 14.7 Å². The zero-order chi connectivity index (χ0) is 19.7. The Bertz CT molecular complexity index is 973. The van der Waals surface area contributed by atoms with E-state index in [-0.39, 0.29) is 12.0 Å². The molecule has 6 heteroatoms. The van der Waals surface area contributed by atoms with E-state index >= 15 is 0 Å². The van der Waals surface area contributed by atoms with Gasteiger partial charge in [-0.3, -0.25) is 9.78 Å². The number of allylic oxidation sites excluding steroid dienone is 4.